The molecule has 0 aliphatic carbocycles. The Hall–Kier alpha value is -1.08. The third-order valence-corrected chi connectivity index (χ3v) is 4.80. The molecule has 5 nitrogen and oxygen atoms in total. The summed E-state index contributed by atoms with van der Waals surface area (Å²) in [6, 6.07) is 8.19. The summed E-state index contributed by atoms with van der Waals surface area (Å²) >= 11 is 1.53. The van der Waals surface area contributed by atoms with Gasteiger partial charge < -0.3 is 10.6 Å². The molecule has 0 unspecified atom stereocenters. The van der Waals surface area contributed by atoms with Gasteiger partial charge in [0, 0.05) is 56.4 Å². The molecule has 0 amide bonds. The summed E-state index contributed by atoms with van der Waals surface area (Å²) in [6.07, 6.45) is 2.06. The van der Waals surface area contributed by atoms with Crippen molar-refractivity contribution in [2.24, 2.45) is 0 Å². The summed E-state index contributed by atoms with van der Waals surface area (Å²) in [7, 11) is 0. The summed E-state index contributed by atoms with van der Waals surface area (Å²) in [4.78, 5) is 9.48. The number of benzene rings is 1. The topological polar surface area (TPSA) is 58.3 Å². The Kier molecular flexibility index (Phi) is 8.76. The van der Waals surface area contributed by atoms with E-state index in [1.165, 1.54) is 17.1 Å². The average molecular weight is 390 g/mol. The van der Waals surface area contributed by atoms with E-state index in [0.29, 0.717) is 0 Å². The van der Waals surface area contributed by atoms with E-state index in [-0.39, 0.29) is 24.8 Å². The van der Waals surface area contributed by atoms with Crippen LogP contribution in [0.5, 0.6) is 0 Å². The maximum atomic E-state index is 5.87. The van der Waals surface area contributed by atoms with Gasteiger partial charge in [0.15, 0.2) is 0 Å². The number of anilines is 2. The summed E-state index contributed by atoms with van der Waals surface area (Å²) < 4.78 is 4.40. The van der Waals surface area contributed by atoms with Gasteiger partial charge in [0.1, 0.15) is 5.82 Å². The smallest absolute Gasteiger partial charge is 0.205 e. The summed E-state index contributed by atoms with van der Waals surface area (Å²) in [5.41, 5.74) is 8.00. The van der Waals surface area contributed by atoms with Gasteiger partial charge in [-0.25, -0.2) is 4.98 Å². The Morgan fingerprint density at radius 2 is 2.00 bits per heavy atom. The maximum absolute atomic E-state index is 5.87. The lowest BCUT2D eigenvalue weighted by molar-refractivity contribution is 0.285. The minimum atomic E-state index is 0. The molecule has 1 aliphatic rings. The Bertz CT molecular complexity index is 622. The summed E-state index contributed by atoms with van der Waals surface area (Å²) in [5, 5.41) is 1.07. The van der Waals surface area contributed by atoms with Crippen LogP contribution in [0.1, 0.15) is 24.7 Å². The van der Waals surface area contributed by atoms with Gasteiger partial charge in [-0.1, -0.05) is 19.1 Å². The van der Waals surface area contributed by atoms with Crippen molar-refractivity contribution in [3.8, 4) is 0 Å². The number of aryl methyl sites for hydroxylation is 1. The Labute approximate surface area is 160 Å². The number of hydrogen-bond acceptors (Lipinski definition) is 6. The van der Waals surface area contributed by atoms with Crippen LogP contribution in [0.2, 0.25) is 0 Å². The number of nitrogen functional groups attached to an aromatic ring is 1. The fourth-order valence-electron chi connectivity index (χ4n) is 2.79. The standard InChI is InChI=1S/C16H23N5S.2ClH/c1-2-15-18-16(22-19-15)21-8-4-7-20(9-10-21)12-13-5-3-6-14(17)11-13;;/h3,5-6,11H,2,4,7-10,12,17H2,1H3;2*1H. The van der Waals surface area contributed by atoms with E-state index >= 15 is 0 Å². The second kappa shape index (κ2) is 10.0. The minimum absolute atomic E-state index is 0. The second-order valence-corrected chi connectivity index (χ2v) is 6.44. The zero-order chi connectivity index (χ0) is 15.4. The SMILES string of the molecule is CCc1nsc(N2CCCN(Cc3cccc(N)c3)CC2)n1.Cl.Cl. The molecule has 8 heteroatoms. The highest BCUT2D eigenvalue weighted by Gasteiger charge is 2.18. The highest BCUT2D eigenvalue weighted by molar-refractivity contribution is 7.09. The molecule has 2 N–H and O–H groups in total. The van der Waals surface area contributed by atoms with E-state index in [1.54, 1.807) is 0 Å². The summed E-state index contributed by atoms with van der Waals surface area (Å²) in [5.74, 6) is 0.959. The molecule has 1 aromatic heterocycles. The molecule has 1 aliphatic heterocycles. The van der Waals surface area contributed by atoms with Gasteiger partial charge in [-0.15, -0.1) is 24.8 Å². The van der Waals surface area contributed by atoms with Gasteiger partial charge in [-0.2, -0.15) is 4.37 Å². The van der Waals surface area contributed by atoms with Gasteiger partial charge in [-0.3, -0.25) is 4.90 Å². The van der Waals surface area contributed by atoms with Crippen molar-refractivity contribution in [1.82, 2.24) is 14.3 Å². The van der Waals surface area contributed by atoms with Crippen molar-refractivity contribution >= 4 is 47.2 Å². The molecule has 0 atom stereocenters. The molecule has 1 aromatic carbocycles. The quantitative estimate of drug-likeness (QED) is 0.813. The number of rotatable bonds is 4. The maximum Gasteiger partial charge on any atom is 0.205 e. The predicted octanol–water partition coefficient (Wildman–Crippen LogP) is 3.24. The van der Waals surface area contributed by atoms with Crippen molar-refractivity contribution < 1.29 is 0 Å². The average Bonchev–Trinajstić information content (AvgIpc) is 2.88. The Morgan fingerprint density at radius 3 is 2.71 bits per heavy atom. The Balaban J connectivity index is 0.00000144. The van der Waals surface area contributed by atoms with Crippen LogP contribution in [-0.4, -0.2) is 40.4 Å². The fourth-order valence-corrected chi connectivity index (χ4v) is 3.59. The molecule has 1 saturated heterocycles. The molecule has 0 radical (unpaired) electrons. The highest BCUT2D eigenvalue weighted by Crippen LogP contribution is 2.20. The number of hydrogen-bond donors (Lipinski definition) is 1. The van der Waals surface area contributed by atoms with Crippen LogP contribution in [0, 0.1) is 0 Å². The first-order valence-corrected chi connectivity index (χ1v) is 8.66. The zero-order valence-electron chi connectivity index (χ0n) is 13.9. The van der Waals surface area contributed by atoms with Crippen molar-refractivity contribution in [1.29, 1.82) is 0 Å². The molecular formula is C16H25Cl2N5S. The molecule has 134 valence electrons. The van der Waals surface area contributed by atoms with Gasteiger partial charge in [0.2, 0.25) is 5.13 Å². The molecule has 3 rings (SSSR count). The van der Waals surface area contributed by atoms with Gasteiger partial charge >= 0.3 is 0 Å². The lowest BCUT2D eigenvalue weighted by atomic mass is 10.2. The van der Waals surface area contributed by atoms with E-state index in [0.717, 1.165) is 62.2 Å². The minimum Gasteiger partial charge on any atom is -0.399 e. The number of nitrogens with two attached hydrogens (primary N) is 1. The summed E-state index contributed by atoms with van der Waals surface area (Å²) in [6.45, 7) is 7.31. The molecule has 2 heterocycles. The molecule has 0 spiro atoms. The van der Waals surface area contributed by atoms with E-state index in [4.69, 9.17) is 5.73 Å². The van der Waals surface area contributed by atoms with Crippen LogP contribution in [0.15, 0.2) is 24.3 Å². The van der Waals surface area contributed by atoms with Crippen molar-refractivity contribution in [2.75, 3.05) is 36.8 Å². The first-order valence-electron chi connectivity index (χ1n) is 7.89. The molecular weight excluding hydrogens is 365 g/mol. The van der Waals surface area contributed by atoms with Crippen LogP contribution >= 0.6 is 36.3 Å². The van der Waals surface area contributed by atoms with E-state index < -0.39 is 0 Å². The van der Waals surface area contributed by atoms with Crippen LogP contribution in [0.4, 0.5) is 10.8 Å². The lowest BCUT2D eigenvalue weighted by Crippen LogP contribution is -2.30. The van der Waals surface area contributed by atoms with E-state index in [9.17, 15) is 0 Å². The second-order valence-electron chi connectivity index (χ2n) is 5.71. The largest absolute Gasteiger partial charge is 0.399 e. The first kappa shape index (κ1) is 21.0. The first-order chi connectivity index (χ1) is 10.7. The zero-order valence-corrected chi connectivity index (χ0v) is 16.3. The van der Waals surface area contributed by atoms with Crippen molar-refractivity contribution in [3.05, 3.63) is 35.7 Å². The normalized spacial score (nSPS) is 15.3. The molecule has 24 heavy (non-hydrogen) atoms. The van der Waals surface area contributed by atoms with Crippen molar-refractivity contribution in [3.63, 3.8) is 0 Å². The molecule has 2 aromatic rings. The number of halogens is 2. The fraction of sp³-hybridized carbons (Fsp3) is 0.500. The lowest BCUT2D eigenvalue weighted by Gasteiger charge is -2.21. The van der Waals surface area contributed by atoms with Gasteiger partial charge in [0.25, 0.3) is 0 Å². The molecule has 0 saturated carbocycles. The van der Waals surface area contributed by atoms with E-state index in [2.05, 4.69) is 38.2 Å². The highest BCUT2D eigenvalue weighted by atomic mass is 35.5. The van der Waals surface area contributed by atoms with Crippen LogP contribution in [0.3, 0.4) is 0 Å². The third kappa shape index (κ3) is 5.48. The van der Waals surface area contributed by atoms with Crippen molar-refractivity contribution in [2.45, 2.75) is 26.3 Å². The monoisotopic (exact) mass is 389 g/mol. The van der Waals surface area contributed by atoms with Crippen LogP contribution in [0.25, 0.3) is 0 Å². The predicted molar refractivity (Wildman–Crippen MR) is 107 cm³/mol. The number of nitrogens with zero attached hydrogens (tertiary/aromatic N) is 4. The molecule has 1 fully saturated rings. The van der Waals surface area contributed by atoms with Gasteiger partial charge in [-0.05, 0) is 24.1 Å². The van der Waals surface area contributed by atoms with Gasteiger partial charge in [0.05, 0.1) is 0 Å². The van der Waals surface area contributed by atoms with Crippen LogP contribution < -0.4 is 10.6 Å². The molecule has 0 bridgehead atoms. The van der Waals surface area contributed by atoms with Crippen LogP contribution in [-0.2, 0) is 13.0 Å². The number of aromatic nitrogens is 2. The third-order valence-electron chi connectivity index (χ3n) is 3.99. The Morgan fingerprint density at radius 1 is 1.17 bits per heavy atom. The van der Waals surface area contributed by atoms with E-state index in [1.807, 2.05) is 12.1 Å².